The van der Waals surface area contributed by atoms with E-state index in [1.165, 1.54) is 7.11 Å². The fourth-order valence-electron chi connectivity index (χ4n) is 1.00. The maximum absolute atomic E-state index is 5.51. The Hall–Kier alpha value is -0.0231. The van der Waals surface area contributed by atoms with Gasteiger partial charge in [0.2, 0.25) is 0 Å². The van der Waals surface area contributed by atoms with Crippen LogP contribution in [0, 0.1) is 0 Å². The van der Waals surface area contributed by atoms with Gasteiger partial charge in [0, 0.05) is 13.7 Å². The van der Waals surface area contributed by atoms with Crippen LogP contribution < -0.4 is 0 Å². The molecule has 0 saturated carbocycles. The average molecular weight is 268 g/mol. The summed E-state index contributed by atoms with van der Waals surface area (Å²) < 4.78 is 20.8. The first-order valence-corrected chi connectivity index (χ1v) is 7.68. The maximum Gasteiger partial charge on any atom is 0.735 e. The van der Waals surface area contributed by atoms with Gasteiger partial charge in [-0.25, -0.2) is 9.78 Å². The van der Waals surface area contributed by atoms with E-state index in [4.69, 9.17) is 27.8 Å². The molecule has 0 aliphatic rings. The number of rotatable bonds is 12. The van der Waals surface area contributed by atoms with Gasteiger partial charge in [0.15, 0.2) is 0 Å². The molecule has 0 rings (SSSR count). The smallest absolute Gasteiger partial charge is 0.352 e. The zero-order chi connectivity index (χ0) is 13.0. The number of hydrogen-bond acceptors (Lipinski definition) is 6. The van der Waals surface area contributed by atoms with Gasteiger partial charge in [-0.05, 0) is 20.3 Å². The first-order chi connectivity index (χ1) is 8.24. The topological polar surface area (TPSA) is 55.4 Å². The second-order valence-electron chi connectivity index (χ2n) is 3.24. The monoisotopic (exact) mass is 268 g/mol. The highest BCUT2D eigenvalue weighted by Crippen LogP contribution is 2.13. The Morgan fingerprint density at radius 1 is 0.882 bits per heavy atom. The van der Waals surface area contributed by atoms with Crippen molar-refractivity contribution in [1.82, 2.24) is 0 Å². The normalized spacial score (nSPS) is 12.0. The van der Waals surface area contributed by atoms with E-state index in [0.29, 0.717) is 19.8 Å². The Labute approximate surface area is 104 Å². The lowest BCUT2D eigenvalue weighted by Gasteiger charge is -2.23. The fourth-order valence-corrected chi connectivity index (χ4v) is 2.30. The minimum Gasteiger partial charge on any atom is -0.352 e. The molecule has 0 aromatic heterocycles. The highest BCUT2D eigenvalue weighted by atomic mass is 28.4. The van der Waals surface area contributed by atoms with Crippen molar-refractivity contribution in [3.63, 3.8) is 0 Å². The first-order valence-electron chi connectivity index (χ1n) is 6.05. The molecule has 0 bridgehead atoms. The fraction of sp³-hybridized carbons (Fsp3) is 1.00. The van der Waals surface area contributed by atoms with E-state index in [2.05, 4.69) is 6.92 Å². The van der Waals surface area contributed by atoms with Crippen LogP contribution in [0.2, 0.25) is 0 Å². The molecule has 0 atom stereocenters. The van der Waals surface area contributed by atoms with Crippen LogP contribution in [0.3, 0.4) is 0 Å². The minimum absolute atomic E-state index is 0.381. The Kier molecular flexibility index (Phi) is 11.1. The third-order valence-electron chi connectivity index (χ3n) is 1.83. The lowest BCUT2D eigenvalue weighted by Crippen LogP contribution is -2.48. The van der Waals surface area contributed by atoms with E-state index in [1.807, 2.05) is 0 Å². The van der Waals surface area contributed by atoms with E-state index < -0.39 is 9.05 Å². The van der Waals surface area contributed by atoms with Gasteiger partial charge in [-0.3, -0.25) is 0 Å². The summed E-state index contributed by atoms with van der Waals surface area (Å²) in [4.78, 5) is 9.70. The molecular formula is C10H24O6Si. The zero-order valence-corrected chi connectivity index (χ0v) is 12.2. The molecule has 0 N–H and O–H groups in total. The molecular weight excluding hydrogens is 244 g/mol. The van der Waals surface area contributed by atoms with Crippen LogP contribution in [-0.2, 0) is 27.8 Å². The summed E-state index contributed by atoms with van der Waals surface area (Å²) in [5.41, 5.74) is 0. The molecule has 0 heterocycles. The summed E-state index contributed by atoms with van der Waals surface area (Å²) in [6.45, 7) is 6.97. The summed E-state index contributed by atoms with van der Waals surface area (Å²) >= 11 is 0. The molecule has 17 heavy (non-hydrogen) atoms. The molecule has 0 aromatic carbocycles. The molecule has 0 fully saturated rings. The predicted molar refractivity (Wildman–Crippen MR) is 63.7 cm³/mol. The highest BCUT2D eigenvalue weighted by molar-refractivity contribution is 6.52. The van der Waals surface area contributed by atoms with E-state index in [0.717, 1.165) is 19.3 Å². The summed E-state index contributed by atoms with van der Waals surface area (Å²) in [5.74, 6) is 0. The third-order valence-corrected chi connectivity index (χ3v) is 3.54. The Morgan fingerprint density at radius 2 is 1.47 bits per heavy atom. The minimum atomic E-state index is -3.31. The average Bonchev–Trinajstić information content (AvgIpc) is 2.37. The standard InChI is InChI=1S/C10H24O6Si/c1-5-8-9-10-14-17(11-4,15-12-6-2)16-13-7-3/h5-10H2,1-4H3. The Balaban J connectivity index is 4.12. The van der Waals surface area contributed by atoms with Crippen molar-refractivity contribution in [3.05, 3.63) is 0 Å². The van der Waals surface area contributed by atoms with Crippen molar-refractivity contribution in [2.75, 3.05) is 26.9 Å². The molecule has 0 radical (unpaired) electrons. The molecule has 7 heteroatoms. The molecule has 0 amide bonds. The van der Waals surface area contributed by atoms with Crippen LogP contribution in [-0.4, -0.2) is 36.0 Å². The van der Waals surface area contributed by atoms with Gasteiger partial charge in [0.1, 0.15) is 0 Å². The lowest BCUT2D eigenvalue weighted by atomic mass is 10.3. The van der Waals surface area contributed by atoms with Gasteiger partial charge in [-0.2, -0.15) is 9.15 Å². The second kappa shape index (κ2) is 11.1. The first kappa shape index (κ1) is 17.0. The third kappa shape index (κ3) is 7.82. The molecule has 0 aliphatic heterocycles. The summed E-state index contributed by atoms with van der Waals surface area (Å²) in [5, 5.41) is 0. The van der Waals surface area contributed by atoms with Gasteiger partial charge < -0.3 is 8.85 Å². The second-order valence-corrected chi connectivity index (χ2v) is 5.27. The summed E-state index contributed by atoms with van der Waals surface area (Å²) in [6.07, 6.45) is 3.11. The zero-order valence-electron chi connectivity index (χ0n) is 11.2. The van der Waals surface area contributed by atoms with Crippen molar-refractivity contribution in [1.29, 1.82) is 0 Å². The largest absolute Gasteiger partial charge is 0.735 e. The Bertz CT molecular complexity index is 161. The predicted octanol–water partition coefficient (Wildman–Crippen LogP) is 2.21. The van der Waals surface area contributed by atoms with Crippen LogP contribution in [0.25, 0.3) is 0 Å². The maximum atomic E-state index is 5.51. The van der Waals surface area contributed by atoms with Crippen LogP contribution in [0.15, 0.2) is 0 Å². The van der Waals surface area contributed by atoms with Crippen LogP contribution in [0.5, 0.6) is 0 Å². The number of unbranched alkanes of at least 4 members (excludes halogenated alkanes) is 2. The summed E-state index contributed by atoms with van der Waals surface area (Å²) in [7, 11) is -1.86. The van der Waals surface area contributed by atoms with Crippen LogP contribution in [0.4, 0.5) is 0 Å². The van der Waals surface area contributed by atoms with Crippen LogP contribution >= 0.6 is 0 Å². The van der Waals surface area contributed by atoms with Gasteiger partial charge in [0.25, 0.3) is 0 Å². The van der Waals surface area contributed by atoms with E-state index in [9.17, 15) is 0 Å². The SMILES string of the molecule is CCCCCO[Si](OC)(OOCC)OOCC. The van der Waals surface area contributed by atoms with Gasteiger partial charge >= 0.3 is 9.05 Å². The molecule has 104 valence electrons. The van der Waals surface area contributed by atoms with Crippen molar-refractivity contribution in [3.8, 4) is 0 Å². The molecule has 0 aliphatic carbocycles. The van der Waals surface area contributed by atoms with Gasteiger partial charge in [-0.1, -0.05) is 19.8 Å². The lowest BCUT2D eigenvalue weighted by molar-refractivity contribution is -0.335. The van der Waals surface area contributed by atoms with Gasteiger partial charge in [-0.15, -0.1) is 0 Å². The molecule has 0 spiro atoms. The van der Waals surface area contributed by atoms with Crippen molar-refractivity contribution in [2.45, 2.75) is 40.0 Å². The van der Waals surface area contributed by atoms with E-state index in [-0.39, 0.29) is 0 Å². The van der Waals surface area contributed by atoms with Crippen molar-refractivity contribution >= 4 is 9.05 Å². The summed E-state index contributed by atoms with van der Waals surface area (Å²) in [6, 6.07) is 0. The van der Waals surface area contributed by atoms with Crippen LogP contribution in [0.1, 0.15) is 40.0 Å². The number of hydrogen-bond donors (Lipinski definition) is 0. The van der Waals surface area contributed by atoms with Crippen molar-refractivity contribution < 1.29 is 27.8 Å². The molecule has 0 unspecified atom stereocenters. The van der Waals surface area contributed by atoms with E-state index >= 15 is 0 Å². The Morgan fingerprint density at radius 3 is 1.88 bits per heavy atom. The van der Waals surface area contributed by atoms with Crippen molar-refractivity contribution in [2.24, 2.45) is 0 Å². The molecule has 0 aromatic rings. The quantitative estimate of drug-likeness (QED) is 0.234. The molecule has 6 nitrogen and oxygen atoms in total. The molecule has 0 saturated heterocycles. The van der Waals surface area contributed by atoms with E-state index in [1.54, 1.807) is 13.8 Å². The van der Waals surface area contributed by atoms with Gasteiger partial charge in [0.05, 0.1) is 13.2 Å². The highest BCUT2D eigenvalue weighted by Gasteiger charge is 2.48.